The number of piperidine rings is 1. The maximum Gasteiger partial charge on any atom is 0.422 e. The number of nitrogens with zero attached hydrogens (tertiary/aromatic N) is 5. The van der Waals surface area contributed by atoms with Crippen LogP contribution in [0.5, 0.6) is 0 Å². The molecular weight excluding hydrogens is 523 g/mol. The zero-order valence-corrected chi connectivity index (χ0v) is 21.5. The normalized spacial score (nSPS) is 20.2. The van der Waals surface area contributed by atoms with Gasteiger partial charge in [0.15, 0.2) is 6.61 Å². The molecule has 38 heavy (non-hydrogen) atoms. The summed E-state index contributed by atoms with van der Waals surface area (Å²) in [6.07, 6.45) is -2.99. The van der Waals surface area contributed by atoms with Crippen molar-refractivity contribution in [3.63, 3.8) is 0 Å². The zero-order chi connectivity index (χ0) is 27.4. The third-order valence-corrected chi connectivity index (χ3v) is 7.34. The minimum atomic E-state index is -4.63. The average molecular weight is 550 g/mol. The maximum atomic E-state index is 13.5. The molecule has 2 aromatic rings. The van der Waals surface area contributed by atoms with Crippen molar-refractivity contribution in [2.24, 2.45) is 5.92 Å². The van der Waals surface area contributed by atoms with Crippen molar-refractivity contribution in [3.8, 4) is 6.07 Å². The minimum absolute atomic E-state index is 0.0454. The second-order valence-electron chi connectivity index (χ2n) is 9.53. The number of carbonyl (C=O) groups excluding carboxylic acids is 2. The Kier molecular flexibility index (Phi) is 8.31. The highest BCUT2D eigenvalue weighted by Crippen LogP contribution is 2.34. The van der Waals surface area contributed by atoms with Gasteiger partial charge in [0.1, 0.15) is 11.9 Å². The molecule has 3 heterocycles. The third-order valence-electron chi connectivity index (χ3n) is 7.09. The smallest absolute Gasteiger partial charge is 0.422 e. The fourth-order valence-corrected chi connectivity index (χ4v) is 5.16. The number of aromatic nitrogens is 1. The van der Waals surface area contributed by atoms with Crippen LogP contribution in [0, 0.1) is 17.2 Å². The fourth-order valence-electron chi connectivity index (χ4n) is 5.03. The number of rotatable bonds is 5. The van der Waals surface area contributed by atoms with E-state index < -0.39 is 24.9 Å². The lowest BCUT2D eigenvalue weighted by molar-refractivity contribution is -0.162. The molecule has 0 aliphatic carbocycles. The molecule has 1 aromatic heterocycles. The summed E-state index contributed by atoms with van der Waals surface area (Å²) < 4.78 is 42.3. The molecule has 0 N–H and O–H groups in total. The number of halogens is 4. The molecule has 2 amide bonds. The van der Waals surface area contributed by atoms with Gasteiger partial charge in [-0.1, -0.05) is 23.7 Å². The molecule has 1 unspecified atom stereocenters. The highest BCUT2D eigenvalue weighted by Gasteiger charge is 2.43. The monoisotopic (exact) mass is 549 g/mol. The summed E-state index contributed by atoms with van der Waals surface area (Å²) >= 11 is 6.03. The van der Waals surface area contributed by atoms with Crippen molar-refractivity contribution < 1.29 is 27.5 Å². The average Bonchev–Trinajstić information content (AvgIpc) is 3.36. The van der Waals surface area contributed by atoms with Gasteiger partial charge in [0.05, 0.1) is 11.6 Å². The van der Waals surface area contributed by atoms with Crippen LogP contribution in [-0.4, -0.2) is 78.8 Å². The van der Waals surface area contributed by atoms with Crippen LogP contribution in [0.1, 0.15) is 29.9 Å². The summed E-state index contributed by atoms with van der Waals surface area (Å²) in [4.78, 5) is 35.2. The Morgan fingerprint density at radius 2 is 1.84 bits per heavy atom. The molecule has 8 nitrogen and oxygen atoms in total. The van der Waals surface area contributed by atoms with E-state index in [1.807, 2.05) is 6.07 Å². The zero-order valence-electron chi connectivity index (χ0n) is 20.7. The highest BCUT2D eigenvalue weighted by molar-refractivity contribution is 6.30. The first-order chi connectivity index (χ1) is 18.1. The van der Waals surface area contributed by atoms with Crippen molar-refractivity contribution >= 4 is 29.4 Å². The van der Waals surface area contributed by atoms with Gasteiger partial charge >= 0.3 is 12.3 Å². The van der Waals surface area contributed by atoms with Crippen LogP contribution in [0.2, 0.25) is 5.02 Å². The predicted molar refractivity (Wildman–Crippen MR) is 134 cm³/mol. The van der Waals surface area contributed by atoms with Gasteiger partial charge in [0, 0.05) is 56.3 Å². The van der Waals surface area contributed by atoms with Gasteiger partial charge in [-0.25, -0.2) is 9.78 Å². The van der Waals surface area contributed by atoms with Gasteiger partial charge in [-0.15, -0.1) is 0 Å². The molecule has 1 aromatic carbocycles. The van der Waals surface area contributed by atoms with Crippen molar-refractivity contribution in [1.29, 1.82) is 5.26 Å². The van der Waals surface area contributed by atoms with Crippen molar-refractivity contribution in [1.82, 2.24) is 14.8 Å². The molecule has 0 bridgehead atoms. The van der Waals surface area contributed by atoms with E-state index in [2.05, 4.69) is 14.6 Å². The Morgan fingerprint density at radius 3 is 2.42 bits per heavy atom. The SMILES string of the molecule is CN(C(=O)OCC(F)(F)F)[C@@H]1CN(C(=O)C2CCN(c3ccc(C#N)cn3)CC2)CC1c1ccc(Cl)cc1. The molecule has 2 aliphatic heterocycles. The number of alkyl halides is 3. The van der Waals surface area contributed by atoms with Crippen LogP contribution in [0.15, 0.2) is 42.6 Å². The predicted octanol–water partition coefficient (Wildman–Crippen LogP) is 4.45. The van der Waals surface area contributed by atoms with Crippen LogP contribution in [-0.2, 0) is 9.53 Å². The third kappa shape index (κ3) is 6.48. The minimum Gasteiger partial charge on any atom is -0.440 e. The van der Waals surface area contributed by atoms with E-state index in [0.29, 0.717) is 43.1 Å². The number of likely N-dealkylation sites (tertiary alicyclic amines) is 1. The second kappa shape index (κ2) is 11.5. The summed E-state index contributed by atoms with van der Waals surface area (Å²) in [5.41, 5.74) is 1.30. The Labute approximate surface area is 223 Å². The Morgan fingerprint density at radius 1 is 1.16 bits per heavy atom. The quantitative estimate of drug-likeness (QED) is 0.547. The van der Waals surface area contributed by atoms with Gasteiger partial charge in [0.2, 0.25) is 5.91 Å². The number of hydrogen-bond donors (Lipinski definition) is 0. The molecule has 4 rings (SSSR count). The molecular formula is C26H27ClF3N5O3. The van der Waals surface area contributed by atoms with Crippen LogP contribution in [0.4, 0.5) is 23.8 Å². The highest BCUT2D eigenvalue weighted by atomic mass is 35.5. The number of amides is 2. The number of pyridine rings is 1. The molecule has 2 fully saturated rings. The largest absolute Gasteiger partial charge is 0.440 e. The van der Waals surface area contributed by atoms with Crippen LogP contribution in [0.25, 0.3) is 0 Å². The first kappa shape index (κ1) is 27.5. The van der Waals surface area contributed by atoms with Gasteiger partial charge in [-0.3, -0.25) is 4.79 Å². The second-order valence-corrected chi connectivity index (χ2v) is 9.96. The van der Waals surface area contributed by atoms with E-state index in [4.69, 9.17) is 16.9 Å². The van der Waals surface area contributed by atoms with Gasteiger partial charge in [-0.05, 0) is 42.7 Å². The maximum absolute atomic E-state index is 13.5. The Balaban J connectivity index is 1.43. The first-order valence-electron chi connectivity index (χ1n) is 12.2. The van der Waals surface area contributed by atoms with Gasteiger partial charge < -0.3 is 19.4 Å². The summed E-state index contributed by atoms with van der Waals surface area (Å²) in [6.45, 7) is 0.0675. The summed E-state index contributed by atoms with van der Waals surface area (Å²) in [6, 6.07) is 12.0. The molecule has 2 aliphatic rings. The summed E-state index contributed by atoms with van der Waals surface area (Å²) in [7, 11) is 1.39. The number of hydrogen-bond acceptors (Lipinski definition) is 6. The van der Waals surface area contributed by atoms with E-state index in [-0.39, 0.29) is 24.3 Å². The number of likely N-dealkylation sites (N-methyl/N-ethyl adjacent to an activating group) is 1. The lowest BCUT2D eigenvalue weighted by atomic mass is 9.93. The van der Waals surface area contributed by atoms with E-state index in [9.17, 15) is 22.8 Å². The lowest BCUT2D eigenvalue weighted by Gasteiger charge is -2.34. The van der Waals surface area contributed by atoms with Gasteiger partial charge in [0.25, 0.3) is 0 Å². The van der Waals surface area contributed by atoms with Crippen LogP contribution < -0.4 is 4.90 Å². The van der Waals surface area contributed by atoms with Crippen LogP contribution in [0.3, 0.4) is 0 Å². The summed E-state index contributed by atoms with van der Waals surface area (Å²) in [5.74, 6) is 0.160. The van der Waals surface area contributed by atoms with E-state index in [0.717, 1.165) is 16.3 Å². The number of ether oxygens (including phenoxy) is 1. The molecule has 202 valence electrons. The van der Waals surface area contributed by atoms with Crippen molar-refractivity contribution in [2.75, 3.05) is 44.7 Å². The molecule has 12 heteroatoms. The topological polar surface area (TPSA) is 89.8 Å². The first-order valence-corrected chi connectivity index (χ1v) is 12.5. The Bertz CT molecular complexity index is 1180. The number of nitriles is 1. The molecule has 0 radical (unpaired) electrons. The lowest BCUT2D eigenvalue weighted by Crippen LogP contribution is -2.45. The molecule has 0 saturated carbocycles. The summed E-state index contributed by atoms with van der Waals surface area (Å²) in [5, 5.41) is 9.48. The number of carbonyl (C=O) groups is 2. The van der Waals surface area contributed by atoms with Gasteiger partial charge in [-0.2, -0.15) is 18.4 Å². The standard InChI is InChI=1S/C26H27ClF3N5O3/c1-33(25(37)38-16-26(28,29)30)22-15-35(14-21(22)18-3-5-20(27)6-4-18)24(36)19-8-10-34(11-9-19)23-7-2-17(12-31)13-32-23/h2-7,13,19,21-22H,8-11,14-16H2,1H3/t21?,22-/m1/s1. The Hall–Kier alpha value is -3.52. The van der Waals surface area contributed by atoms with Crippen LogP contribution >= 0.6 is 11.6 Å². The van der Waals surface area contributed by atoms with E-state index in [1.54, 1.807) is 41.3 Å². The molecule has 2 atom stereocenters. The van der Waals surface area contributed by atoms with Crippen molar-refractivity contribution in [3.05, 3.63) is 58.7 Å². The molecule has 0 spiro atoms. The fraction of sp³-hybridized carbons (Fsp3) is 0.462. The molecule has 2 saturated heterocycles. The van der Waals surface area contributed by atoms with E-state index >= 15 is 0 Å². The van der Waals surface area contributed by atoms with Crippen molar-refractivity contribution in [2.45, 2.75) is 31.0 Å². The number of anilines is 1. The van der Waals surface area contributed by atoms with E-state index in [1.165, 1.54) is 13.2 Å². The number of benzene rings is 1.